The van der Waals surface area contributed by atoms with Gasteiger partial charge in [-0.3, -0.25) is 14.4 Å². The summed E-state index contributed by atoms with van der Waals surface area (Å²) < 4.78 is 7.84. The first-order chi connectivity index (χ1) is 17.4. The van der Waals surface area contributed by atoms with Crippen molar-refractivity contribution in [3.05, 3.63) is 52.3 Å². The van der Waals surface area contributed by atoms with Crippen molar-refractivity contribution in [2.24, 2.45) is 16.8 Å². The van der Waals surface area contributed by atoms with E-state index in [1.807, 2.05) is 24.3 Å². The predicted molar refractivity (Wildman–Crippen MR) is 143 cm³/mol. The molecule has 2 heterocycles. The lowest BCUT2D eigenvalue weighted by Crippen LogP contribution is -2.41. The normalized spacial score (nSPS) is 14.0. The lowest BCUT2D eigenvalue weighted by Gasteiger charge is -2.18. The Kier molecular flexibility index (Phi) is 6.52. The second-order valence-corrected chi connectivity index (χ2v) is 9.89. The first-order valence-electron chi connectivity index (χ1n) is 11.7. The Hall–Kier alpha value is -3.67. The van der Waals surface area contributed by atoms with Crippen LogP contribution in [0.4, 0.5) is 0 Å². The zero-order valence-electron chi connectivity index (χ0n) is 20.2. The van der Waals surface area contributed by atoms with Crippen molar-refractivity contribution < 1.29 is 9.84 Å². The molecule has 0 spiro atoms. The minimum Gasteiger partial charge on any atom is -0.506 e. The van der Waals surface area contributed by atoms with Crippen molar-refractivity contribution >= 4 is 37.5 Å². The number of hydrogen-bond acceptors (Lipinski definition) is 9. The molecule has 0 unspecified atom stereocenters. The molecule has 6 N–H and O–H groups in total. The summed E-state index contributed by atoms with van der Waals surface area (Å²) in [7, 11) is 3.31. The van der Waals surface area contributed by atoms with Gasteiger partial charge >= 0.3 is 0 Å². The minimum absolute atomic E-state index is 0.144. The minimum atomic E-state index is -0.144. The molecule has 1 saturated carbocycles. The van der Waals surface area contributed by atoms with Gasteiger partial charge in [-0.1, -0.05) is 12.1 Å². The van der Waals surface area contributed by atoms with Gasteiger partial charge in [0.15, 0.2) is 5.84 Å². The van der Waals surface area contributed by atoms with E-state index in [0.717, 1.165) is 29.7 Å². The Morgan fingerprint density at radius 1 is 1.36 bits per heavy atom. The number of likely N-dealkylation sites (N-methyl/N-ethyl adjacent to an activating group) is 1. The molecule has 36 heavy (non-hydrogen) atoms. The summed E-state index contributed by atoms with van der Waals surface area (Å²) in [6, 6.07) is 11.2. The van der Waals surface area contributed by atoms with Gasteiger partial charge in [0.05, 0.1) is 23.7 Å². The highest BCUT2D eigenvalue weighted by Gasteiger charge is 2.29. The number of benzene rings is 2. The van der Waals surface area contributed by atoms with Gasteiger partial charge in [0.1, 0.15) is 22.2 Å². The molecule has 1 aliphatic carbocycles. The largest absolute Gasteiger partial charge is 0.506 e. The second-order valence-electron chi connectivity index (χ2n) is 8.89. The average molecular weight is 508 g/mol. The van der Waals surface area contributed by atoms with Crippen molar-refractivity contribution in [1.29, 1.82) is 0 Å². The average Bonchev–Trinajstić information content (AvgIpc) is 3.65. The van der Waals surface area contributed by atoms with Crippen molar-refractivity contribution in [2.45, 2.75) is 25.3 Å². The van der Waals surface area contributed by atoms with Crippen LogP contribution in [0.5, 0.6) is 11.5 Å². The SMILES string of the molecule is COc1ccc(-c2nc3sc4c(O)cccc4c3c(=O)n2CCNC/C(=N/N)N(C)N)c(C2CC2)c1. The summed E-state index contributed by atoms with van der Waals surface area (Å²) in [5.41, 5.74) is 1.91. The molecule has 188 valence electrons. The first kappa shape index (κ1) is 24.0. The Bertz CT molecular complexity index is 1520. The Labute approximate surface area is 211 Å². The summed E-state index contributed by atoms with van der Waals surface area (Å²) in [6.07, 6.45) is 2.19. The van der Waals surface area contributed by atoms with E-state index in [9.17, 15) is 9.90 Å². The van der Waals surface area contributed by atoms with Crippen LogP contribution in [0, 0.1) is 0 Å². The number of ether oxygens (including phenoxy) is 1. The number of nitrogens with two attached hydrogens (primary N) is 2. The van der Waals surface area contributed by atoms with E-state index < -0.39 is 0 Å². The maximum absolute atomic E-state index is 13.9. The number of nitrogens with one attached hydrogen (secondary N) is 1. The third-order valence-electron chi connectivity index (χ3n) is 6.47. The maximum atomic E-state index is 13.9. The number of aromatic nitrogens is 2. The number of thiophene rings is 1. The van der Waals surface area contributed by atoms with Gasteiger partial charge in [0.2, 0.25) is 0 Å². The Balaban J connectivity index is 1.63. The van der Waals surface area contributed by atoms with Gasteiger partial charge in [-0.25, -0.2) is 10.8 Å². The topological polar surface area (TPSA) is 144 Å². The monoisotopic (exact) mass is 507 g/mol. The molecule has 5 rings (SSSR count). The molecule has 4 aromatic rings. The van der Waals surface area contributed by atoms with Gasteiger partial charge in [0, 0.05) is 31.1 Å². The highest BCUT2D eigenvalue weighted by molar-refractivity contribution is 7.25. The predicted octanol–water partition coefficient (Wildman–Crippen LogP) is 2.54. The third kappa shape index (κ3) is 4.36. The van der Waals surface area contributed by atoms with Gasteiger partial charge in [-0.2, -0.15) is 5.10 Å². The molecule has 0 atom stereocenters. The number of aromatic hydroxyl groups is 1. The Morgan fingerprint density at radius 2 is 2.17 bits per heavy atom. The van der Waals surface area contributed by atoms with Crippen LogP contribution in [0.2, 0.25) is 0 Å². The molecule has 0 amide bonds. The van der Waals surface area contributed by atoms with Crippen LogP contribution < -0.4 is 27.3 Å². The molecular formula is C25H29N7O3S. The quantitative estimate of drug-likeness (QED) is 0.0936. The van der Waals surface area contributed by atoms with Crippen LogP contribution in [0.1, 0.15) is 24.3 Å². The zero-order valence-corrected chi connectivity index (χ0v) is 21.0. The number of methoxy groups -OCH3 is 1. The summed E-state index contributed by atoms with van der Waals surface area (Å²) in [6.45, 7) is 1.19. The smallest absolute Gasteiger partial charge is 0.263 e. The van der Waals surface area contributed by atoms with E-state index in [0.29, 0.717) is 57.5 Å². The molecule has 2 aromatic carbocycles. The van der Waals surface area contributed by atoms with E-state index in [1.54, 1.807) is 30.9 Å². The van der Waals surface area contributed by atoms with E-state index in [-0.39, 0.29) is 11.3 Å². The van der Waals surface area contributed by atoms with Crippen LogP contribution in [0.3, 0.4) is 0 Å². The van der Waals surface area contributed by atoms with Crippen molar-refractivity contribution in [2.75, 3.05) is 27.2 Å². The van der Waals surface area contributed by atoms with Crippen LogP contribution in [0.25, 0.3) is 31.7 Å². The lowest BCUT2D eigenvalue weighted by atomic mass is 10.0. The molecule has 10 nitrogen and oxygen atoms in total. The maximum Gasteiger partial charge on any atom is 0.263 e. The fourth-order valence-electron chi connectivity index (χ4n) is 4.43. The molecular weight excluding hydrogens is 478 g/mol. The lowest BCUT2D eigenvalue weighted by molar-refractivity contribution is 0.414. The fraction of sp³-hybridized carbons (Fsp3) is 0.320. The highest BCUT2D eigenvalue weighted by Crippen LogP contribution is 2.46. The molecule has 0 saturated heterocycles. The number of amidine groups is 1. The number of rotatable bonds is 8. The van der Waals surface area contributed by atoms with Crippen LogP contribution in [0.15, 0.2) is 46.3 Å². The molecule has 0 aliphatic heterocycles. The summed E-state index contributed by atoms with van der Waals surface area (Å²) in [5.74, 6) is 13.6. The van der Waals surface area contributed by atoms with E-state index in [1.165, 1.54) is 16.3 Å². The Morgan fingerprint density at radius 3 is 2.86 bits per heavy atom. The highest BCUT2D eigenvalue weighted by atomic mass is 32.1. The fourth-order valence-corrected chi connectivity index (χ4v) is 5.51. The van der Waals surface area contributed by atoms with Gasteiger partial charge < -0.3 is 21.0 Å². The molecule has 0 bridgehead atoms. The first-order valence-corrected chi connectivity index (χ1v) is 12.5. The van der Waals surface area contributed by atoms with Crippen molar-refractivity contribution in [3.63, 3.8) is 0 Å². The third-order valence-corrected chi connectivity index (χ3v) is 7.59. The molecule has 1 fully saturated rings. The number of fused-ring (bicyclic) bond motifs is 3. The number of hydrogen-bond donors (Lipinski definition) is 4. The van der Waals surface area contributed by atoms with Crippen LogP contribution >= 0.6 is 11.3 Å². The van der Waals surface area contributed by atoms with Crippen LogP contribution in [-0.4, -0.2) is 52.7 Å². The number of hydrazine groups is 1. The zero-order chi connectivity index (χ0) is 25.4. The molecule has 1 aliphatic rings. The molecule has 0 radical (unpaired) electrons. The van der Waals surface area contributed by atoms with E-state index >= 15 is 0 Å². The number of hydrazone groups is 1. The van der Waals surface area contributed by atoms with Gasteiger partial charge in [-0.15, -0.1) is 11.3 Å². The van der Waals surface area contributed by atoms with Crippen molar-refractivity contribution in [1.82, 2.24) is 19.9 Å². The standard InChI is InChI=1S/C25H29N7O3S/c1-31(27)20(30-26)13-28-10-11-32-23(16-9-8-15(35-2)12-18(16)14-6-7-14)29-24-21(25(32)34)17-4-3-5-19(33)22(17)36-24/h3-5,8-9,12,14,28,33H,6-7,10-11,13,26-27H2,1-2H3/b30-20-. The van der Waals surface area contributed by atoms with Gasteiger partial charge in [-0.05, 0) is 48.6 Å². The van der Waals surface area contributed by atoms with E-state index in [2.05, 4.69) is 10.4 Å². The van der Waals surface area contributed by atoms with E-state index in [4.69, 9.17) is 21.4 Å². The number of nitrogens with zero attached hydrogens (tertiary/aromatic N) is 4. The number of phenolic OH excluding ortho intramolecular Hbond substituents is 1. The summed E-state index contributed by atoms with van der Waals surface area (Å²) in [5, 5.41) is 19.9. The van der Waals surface area contributed by atoms with Gasteiger partial charge in [0.25, 0.3) is 5.56 Å². The van der Waals surface area contributed by atoms with Crippen molar-refractivity contribution in [3.8, 4) is 22.9 Å². The van der Waals surface area contributed by atoms with Crippen LogP contribution in [-0.2, 0) is 6.54 Å². The molecule has 2 aromatic heterocycles. The number of phenols is 1. The second kappa shape index (κ2) is 9.76. The molecule has 11 heteroatoms. The summed E-state index contributed by atoms with van der Waals surface area (Å²) in [4.78, 5) is 19.6. The summed E-state index contributed by atoms with van der Waals surface area (Å²) >= 11 is 1.33.